The summed E-state index contributed by atoms with van der Waals surface area (Å²) in [4.78, 5) is 18.5. The first-order valence-corrected chi connectivity index (χ1v) is 3.17. The fourth-order valence-corrected chi connectivity index (χ4v) is 0.364. The molecule has 0 rings (SSSR count). The molecule has 0 N–H and O–H groups in total. The van der Waals surface area contributed by atoms with Gasteiger partial charge in [0.1, 0.15) is 0 Å². The Morgan fingerprint density at radius 1 is 1.14 bits per heavy atom. The molecule has 0 bridgehead atoms. The molecule has 0 fully saturated rings. The van der Waals surface area contributed by atoms with Gasteiger partial charge < -0.3 is 0 Å². The Hall–Kier alpha value is -0.551. The van der Waals surface area contributed by atoms with Gasteiger partial charge in [0.05, 0.1) is 0 Å². The molecule has 0 aliphatic rings. The van der Waals surface area contributed by atoms with Gasteiger partial charge in [-0.05, 0) is 0 Å². The minimum absolute atomic E-state index is 0.875. The molecule has 43 valence electrons. The summed E-state index contributed by atoms with van der Waals surface area (Å²) in [5.74, 6) is 0. The summed E-state index contributed by atoms with van der Waals surface area (Å²) < 4.78 is -1.75. The molecular weight excluding hydrogens is 284 g/mol. The van der Waals surface area contributed by atoms with Crippen LogP contribution < -0.4 is 0 Å². The number of rotatable bonds is 2. The number of hydrogen-bond donors (Lipinski definition) is 0. The van der Waals surface area contributed by atoms with E-state index in [4.69, 9.17) is 0 Å². The maximum atomic E-state index is 9.23. The van der Waals surface area contributed by atoms with Crippen LogP contribution in [0.4, 0.5) is 0 Å². The van der Waals surface area contributed by atoms with Crippen molar-refractivity contribution < 1.29 is 25.4 Å². The molecule has 0 amide bonds. The van der Waals surface area contributed by atoms with E-state index in [0.717, 1.165) is 0 Å². The quantitative estimate of drug-likeness (QED) is 0.503. The number of hydrogen-bond acceptors (Lipinski definition) is 4. The van der Waals surface area contributed by atoms with Crippen LogP contribution in [0.5, 0.6) is 0 Å². The van der Waals surface area contributed by atoms with Crippen molar-refractivity contribution in [3.63, 3.8) is 0 Å². The van der Waals surface area contributed by atoms with Gasteiger partial charge in [-0.2, -0.15) is 0 Å². The van der Waals surface area contributed by atoms with Crippen LogP contribution in [0.25, 0.3) is 0 Å². The summed E-state index contributed by atoms with van der Waals surface area (Å²) in [6.45, 7) is 0. The molecule has 0 spiro atoms. The van der Waals surface area contributed by atoms with E-state index in [1.165, 1.54) is 0 Å². The van der Waals surface area contributed by atoms with Gasteiger partial charge in [0.25, 0.3) is 0 Å². The van der Waals surface area contributed by atoms with Gasteiger partial charge >= 0.3 is 45.6 Å². The summed E-state index contributed by atoms with van der Waals surface area (Å²) >= 11 is -2.17. The van der Waals surface area contributed by atoms with Gasteiger partial charge in [0, 0.05) is 0 Å². The van der Waals surface area contributed by atoms with Crippen LogP contribution in [-0.4, -0.2) is 7.19 Å². The third kappa shape index (κ3) is 5.45. The standard InChI is InChI=1S/Ir.2NO2/c;2*2-1-3. The Kier molecular flexibility index (Phi) is 2.39. The predicted molar refractivity (Wildman–Crippen MR) is 14.0 cm³/mol. The first kappa shape index (κ1) is 6.45. The van der Waals surface area contributed by atoms with E-state index in [9.17, 15) is 20.2 Å². The first-order chi connectivity index (χ1) is 3.13. The Bertz CT molecular complexity index is 85.9. The Balaban J connectivity index is 3.32. The topological polar surface area (TPSA) is 86.3 Å². The molecule has 0 unspecified atom stereocenters. The van der Waals surface area contributed by atoms with E-state index in [0.29, 0.717) is 0 Å². The van der Waals surface area contributed by atoms with E-state index >= 15 is 0 Å². The summed E-state index contributed by atoms with van der Waals surface area (Å²) in [6, 6.07) is 0. The zero-order chi connectivity index (χ0) is 5.86. The van der Waals surface area contributed by atoms with Gasteiger partial charge in [0.15, 0.2) is 0 Å². The molecule has 7 heavy (non-hydrogen) atoms. The minimum atomic E-state index is -2.17. The first-order valence-electron chi connectivity index (χ1n) is 1.03. The zero-order valence-corrected chi connectivity index (χ0v) is 5.26. The molecule has 0 aromatic heterocycles. The normalized spacial score (nSPS) is 8.57. The summed E-state index contributed by atoms with van der Waals surface area (Å²) in [7, 11) is 0. The van der Waals surface area contributed by atoms with E-state index in [1.807, 2.05) is 0 Å². The molecule has 6 nitrogen and oxygen atoms in total. The van der Waals surface area contributed by atoms with Crippen molar-refractivity contribution in [2.45, 2.75) is 0 Å². The van der Waals surface area contributed by atoms with E-state index < -0.39 is 25.4 Å². The third-order valence-electron chi connectivity index (χ3n) is 0.109. The molecular formula is IrN2O4. The molecule has 0 aliphatic heterocycles. The maximum absolute atomic E-state index is 9.23. The van der Waals surface area contributed by atoms with Crippen molar-refractivity contribution in [1.29, 1.82) is 0 Å². The predicted octanol–water partition coefficient (Wildman–Crippen LogP) is -0.548. The van der Waals surface area contributed by atoms with Crippen LogP contribution >= 0.6 is 0 Å². The van der Waals surface area contributed by atoms with E-state index in [2.05, 4.69) is 0 Å². The van der Waals surface area contributed by atoms with Crippen LogP contribution in [0.3, 0.4) is 0 Å². The van der Waals surface area contributed by atoms with Crippen LogP contribution in [0.1, 0.15) is 0 Å². The average Bonchev–Trinajstić information content (AvgIpc) is 1.27. The average molecular weight is 284 g/mol. The molecule has 0 saturated heterocycles. The van der Waals surface area contributed by atoms with Crippen molar-refractivity contribution >= 4 is 0 Å². The molecule has 0 aromatic carbocycles. The Morgan fingerprint density at radius 2 is 1.43 bits per heavy atom. The molecule has 0 aliphatic carbocycles. The van der Waals surface area contributed by atoms with Crippen LogP contribution in [0.2, 0.25) is 0 Å². The van der Waals surface area contributed by atoms with Gasteiger partial charge in [-0.25, -0.2) is 0 Å². The van der Waals surface area contributed by atoms with Crippen molar-refractivity contribution in [1.82, 2.24) is 0 Å². The monoisotopic (exact) mass is 285 g/mol. The van der Waals surface area contributed by atoms with Crippen LogP contribution in [0.15, 0.2) is 0 Å². The van der Waals surface area contributed by atoms with Gasteiger partial charge in [-0.3, -0.25) is 0 Å². The number of nitrogens with zero attached hydrogens (tertiary/aromatic N) is 2. The molecule has 0 radical (unpaired) electrons. The Morgan fingerprint density at radius 3 is 1.43 bits per heavy atom. The summed E-state index contributed by atoms with van der Waals surface area (Å²) in [5, 5.41) is 18.5. The molecule has 0 saturated carbocycles. The fourth-order valence-electron chi connectivity index (χ4n) is 0.0444. The van der Waals surface area contributed by atoms with Crippen LogP contribution in [0, 0.1) is 20.2 Å². The third-order valence-corrected chi connectivity index (χ3v) is 0.891. The summed E-state index contributed by atoms with van der Waals surface area (Å²) in [5.41, 5.74) is 0. The molecule has 0 atom stereocenters. The second kappa shape index (κ2) is 2.59. The number of nitro groups is 2. The second-order valence-electron chi connectivity index (χ2n) is 0.459. The SMILES string of the molecule is O=[N+]([O-])[Ir][N+](=O)[O-]. The second-order valence-corrected chi connectivity index (χ2v) is 2.69. The molecule has 0 heterocycles. The molecule has 0 aromatic rings. The van der Waals surface area contributed by atoms with Crippen molar-refractivity contribution in [2.75, 3.05) is 0 Å². The van der Waals surface area contributed by atoms with Gasteiger partial charge in [0.2, 0.25) is 0 Å². The van der Waals surface area contributed by atoms with Crippen molar-refractivity contribution in [3.05, 3.63) is 20.2 Å². The Labute approximate surface area is 46.3 Å². The summed E-state index contributed by atoms with van der Waals surface area (Å²) in [6.07, 6.45) is 0. The van der Waals surface area contributed by atoms with Gasteiger partial charge in [-0.1, -0.05) is 0 Å². The van der Waals surface area contributed by atoms with E-state index in [-0.39, 0.29) is 0 Å². The molecule has 7 heteroatoms. The van der Waals surface area contributed by atoms with Gasteiger partial charge in [-0.15, -0.1) is 0 Å². The van der Waals surface area contributed by atoms with Crippen molar-refractivity contribution in [2.24, 2.45) is 0 Å². The van der Waals surface area contributed by atoms with Crippen LogP contribution in [-0.2, 0) is 18.2 Å². The van der Waals surface area contributed by atoms with Crippen molar-refractivity contribution in [3.8, 4) is 0 Å². The fraction of sp³-hybridized carbons (Fsp3) is 0. The zero-order valence-electron chi connectivity index (χ0n) is 2.86. The van der Waals surface area contributed by atoms with E-state index in [1.54, 1.807) is 0 Å².